The molecule has 0 fully saturated rings. The Bertz CT molecular complexity index is 871. The number of para-hydroxylation sites is 1. The molecule has 5 nitrogen and oxygen atoms in total. The summed E-state index contributed by atoms with van der Waals surface area (Å²) in [4.78, 5) is 27.3. The summed E-state index contributed by atoms with van der Waals surface area (Å²) in [5, 5.41) is 2.68. The molecule has 0 unspecified atom stereocenters. The average Bonchev–Trinajstić information content (AvgIpc) is 2.72. The standard InChI is InChI=1S/C25H34N2O3/c1-7-21(24(29)26-6)27(16-19-13-9-8-12-18(19)2)23(28)17-30-22-15-11-10-14-20(22)25(3,4)5/h8-15,21H,7,16-17H2,1-6H3,(H,26,29)/t21-/m0/s1. The lowest BCUT2D eigenvalue weighted by Gasteiger charge is -2.31. The number of hydrogen-bond donors (Lipinski definition) is 1. The lowest BCUT2D eigenvalue weighted by molar-refractivity contribution is -0.142. The second-order valence-corrected chi connectivity index (χ2v) is 8.52. The van der Waals surface area contributed by atoms with E-state index >= 15 is 0 Å². The van der Waals surface area contributed by atoms with E-state index in [9.17, 15) is 9.59 Å². The van der Waals surface area contributed by atoms with E-state index in [0.717, 1.165) is 16.7 Å². The molecular formula is C25H34N2O3. The van der Waals surface area contributed by atoms with Gasteiger partial charge in [-0.15, -0.1) is 0 Å². The molecular weight excluding hydrogens is 376 g/mol. The van der Waals surface area contributed by atoms with E-state index in [1.54, 1.807) is 11.9 Å². The van der Waals surface area contributed by atoms with Crippen molar-refractivity contribution in [1.82, 2.24) is 10.2 Å². The summed E-state index contributed by atoms with van der Waals surface area (Å²) in [7, 11) is 1.59. The summed E-state index contributed by atoms with van der Waals surface area (Å²) in [6.07, 6.45) is 0.524. The highest BCUT2D eigenvalue weighted by atomic mass is 16.5. The van der Waals surface area contributed by atoms with Crippen LogP contribution < -0.4 is 10.1 Å². The van der Waals surface area contributed by atoms with Crippen LogP contribution in [-0.4, -0.2) is 36.4 Å². The zero-order chi connectivity index (χ0) is 22.3. The van der Waals surface area contributed by atoms with Crippen molar-refractivity contribution in [1.29, 1.82) is 0 Å². The topological polar surface area (TPSA) is 58.6 Å². The van der Waals surface area contributed by atoms with Crippen LogP contribution in [0.4, 0.5) is 0 Å². The molecule has 2 aromatic rings. The zero-order valence-electron chi connectivity index (χ0n) is 19.0. The van der Waals surface area contributed by atoms with Gasteiger partial charge in [0.25, 0.3) is 5.91 Å². The second-order valence-electron chi connectivity index (χ2n) is 8.52. The molecule has 2 aromatic carbocycles. The van der Waals surface area contributed by atoms with Crippen molar-refractivity contribution in [3.63, 3.8) is 0 Å². The zero-order valence-corrected chi connectivity index (χ0v) is 19.0. The largest absolute Gasteiger partial charge is 0.483 e. The Morgan fingerprint density at radius 3 is 2.30 bits per heavy atom. The van der Waals surface area contributed by atoms with Crippen LogP contribution in [0.5, 0.6) is 5.75 Å². The summed E-state index contributed by atoms with van der Waals surface area (Å²) in [6, 6.07) is 15.1. The van der Waals surface area contributed by atoms with Gasteiger partial charge in [-0.2, -0.15) is 0 Å². The first kappa shape index (κ1) is 23.5. The van der Waals surface area contributed by atoms with Gasteiger partial charge in [-0.05, 0) is 41.5 Å². The van der Waals surface area contributed by atoms with E-state index in [0.29, 0.717) is 18.7 Å². The molecule has 0 aliphatic rings. The Labute approximate surface area is 180 Å². The first-order valence-corrected chi connectivity index (χ1v) is 10.5. The number of amides is 2. The van der Waals surface area contributed by atoms with Gasteiger partial charge < -0.3 is 15.0 Å². The van der Waals surface area contributed by atoms with Gasteiger partial charge in [0.15, 0.2) is 6.61 Å². The third kappa shape index (κ3) is 5.85. The summed E-state index contributed by atoms with van der Waals surface area (Å²) >= 11 is 0. The van der Waals surface area contributed by atoms with Crippen LogP contribution in [0.3, 0.4) is 0 Å². The van der Waals surface area contributed by atoms with Crippen LogP contribution >= 0.6 is 0 Å². The summed E-state index contributed by atoms with van der Waals surface area (Å²) in [5.41, 5.74) is 3.04. The van der Waals surface area contributed by atoms with E-state index in [1.807, 2.05) is 62.4 Å². The first-order valence-electron chi connectivity index (χ1n) is 10.5. The number of nitrogens with zero attached hydrogens (tertiary/aromatic N) is 1. The number of likely N-dealkylation sites (N-methyl/N-ethyl adjacent to an activating group) is 1. The molecule has 30 heavy (non-hydrogen) atoms. The number of rotatable bonds is 8. The monoisotopic (exact) mass is 410 g/mol. The third-order valence-corrected chi connectivity index (χ3v) is 5.28. The molecule has 5 heteroatoms. The highest BCUT2D eigenvalue weighted by Gasteiger charge is 2.29. The molecule has 0 aromatic heterocycles. The number of carbonyl (C=O) groups is 2. The van der Waals surface area contributed by atoms with Gasteiger partial charge in [-0.3, -0.25) is 9.59 Å². The number of ether oxygens (including phenoxy) is 1. The Morgan fingerprint density at radius 2 is 1.70 bits per heavy atom. The van der Waals surface area contributed by atoms with Gasteiger partial charge in [-0.25, -0.2) is 0 Å². The predicted octanol–water partition coefficient (Wildman–Crippen LogP) is 4.22. The quantitative estimate of drug-likeness (QED) is 0.709. The van der Waals surface area contributed by atoms with E-state index < -0.39 is 6.04 Å². The van der Waals surface area contributed by atoms with Crippen molar-refractivity contribution in [3.8, 4) is 5.75 Å². The van der Waals surface area contributed by atoms with Crippen molar-refractivity contribution in [2.45, 2.75) is 59.0 Å². The molecule has 1 atom stereocenters. The number of aryl methyl sites for hydroxylation is 1. The summed E-state index contributed by atoms with van der Waals surface area (Å²) in [6.45, 7) is 10.5. The summed E-state index contributed by atoms with van der Waals surface area (Å²) < 4.78 is 5.96. The fourth-order valence-corrected chi connectivity index (χ4v) is 3.49. The minimum atomic E-state index is -0.552. The molecule has 2 amide bonds. The van der Waals surface area contributed by atoms with Crippen LogP contribution in [0.25, 0.3) is 0 Å². The van der Waals surface area contributed by atoms with Gasteiger partial charge in [-0.1, -0.05) is 70.2 Å². The van der Waals surface area contributed by atoms with Crippen molar-refractivity contribution in [3.05, 3.63) is 65.2 Å². The van der Waals surface area contributed by atoms with Gasteiger partial charge in [0.2, 0.25) is 5.91 Å². The normalized spacial score (nSPS) is 12.2. The Kier molecular flexibility index (Phi) is 8.04. The van der Waals surface area contributed by atoms with E-state index in [4.69, 9.17) is 4.74 Å². The fourth-order valence-electron chi connectivity index (χ4n) is 3.49. The Morgan fingerprint density at radius 1 is 1.07 bits per heavy atom. The van der Waals surface area contributed by atoms with E-state index in [-0.39, 0.29) is 23.8 Å². The molecule has 0 saturated carbocycles. The van der Waals surface area contributed by atoms with Gasteiger partial charge >= 0.3 is 0 Å². The smallest absolute Gasteiger partial charge is 0.261 e. The van der Waals surface area contributed by atoms with Crippen LogP contribution in [0.15, 0.2) is 48.5 Å². The van der Waals surface area contributed by atoms with E-state index in [2.05, 4.69) is 26.1 Å². The molecule has 0 saturated heterocycles. The van der Waals surface area contributed by atoms with Crippen LogP contribution in [0, 0.1) is 6.92 Å². The minimum absolute atomic E-state index is 0.103. The molecule has 0 spiro atoms. The van der Waals surface area contributed by atoms with Gasteiger partial charge in [0.05, 0.1) is 0 Å². The number of nitrogens with one attached hydrogen (secondary N) is 1. The highest BCUT2D eigenvalue weighted by Crippen LogP contribution is 2.31. The molecule has 1 N–H and O–H groups in total. The number of hydrogen-bond acceptors (Lipinski definition) is 3. The maximum absolute atomic E-state index is 13.2. The van der Waals surface area contributed by atoms with Crippen molar-refractivity contribution < 1.29 is 14.3 Å². The third-order valence-electron chi connectivity index (χ3n) is 5.28. The Balaban J connectivity index is 2.27. The lowest BCUT2D eigenvalue weighted by atomic mass is 9.86. The minimum Gasteiger partial charge on any atom is -0.483 e. The lowest BCUT2D eigenvalue weighted by Crippen LogP contribution is -2.49. The molecule has 162 valence electrons. The van der Waals surface area contributed by atoms with Crippen LogP contribution in [-0.2, 0) is 21.5 Å². The number of benzene rings is 2. The SMILES string of the molecule is CC[C@@H](C(=O)NC)N(Cc1ccccc1C)C(=O)COc1ccccc1C(C)(C)C. The Hall–Kier alpha value is -2.82. The van der Waals surface area contributed by atoms with Crippen molar-refractivity contribution in [2.75, 3.05) is 13.7 Å². The van der Waals surface area contributed by atoms with E-state index in [1.165, 1.54) is 0 Å². The van der Waals surface area contributed by atoms with Gasteiger partial charge in [0, 0.05) is 13.6 Å². The molecule has 0 heterocycles. The van der Waals surface area contributed by atoms with Gasteiger partial charge in [0.1, 0.15) is 11.8 Å². The van der Waals surface area contributed by atoms with Crippen molar-refractivity contribution in [2.24, 2.45) is 0 Å². The maximum Gasteiger partial charge on any atom is 0.261 e. The first-order chi connectivity index (χ1) is 14.2. The molecule has 0 aliphatic heterocycles. The van der Waals surface area contributed by atoms with Crippen molar-refractivity contribution >= 4 is 11.8 Å². The predicted molar refractivity (Wildman–Crippen MR) is 121 cm³/mol. The summed E-state index contributed by atoms with van der Waals surface area (Å²) in [5.74, 6) is 0.314. The highest BCUT2D eigenvalue weighted by molar-refractivity contribution is 5.88. The number of carbonyl (C=O) groups excluding carboxylic acids is 2. The molecule has 0 radical (unpaired) electrons. The fraction of sp³-hybridized carbons (Fsp3) is 0.440. The maximum atomic E-state index is 13.2. The molecule has 0 aliphatic carbocycles. The van der Waals surface area contributed by atoms with Crippen LogP contribution in [0.2, 0.25) is 0 Å². The molecule has 2 rings (SSSR count). The molecule has 0 bridgehead atoms. The average molecular weight is 411 g/mol. The van der Waals surface area contributed by atoms with Crippen LogP contribution in [0.1, 0.15) is 50.8 Å². The second kappa shape index (κ2) is 10.3.